The molecular weight excluding hydrogens is 379 g/mol. The Hall–Kier alpha value is -1.27. The third-order valence-electron chi connectivity index (χ3n) is 2.52. The van der Waals surface area contributed by atoms with Gasteiger partial charge in [-0.15, -0.1) is 0 Å². The maximum Gasteiger partial charge on any atom is 0.142 e. The molecule has 0 radical (unpaired) electrons. The van der Waals surface area contributed by atoms with Gasteiger partial charge in [0.1, 0.15) is 11.6 Å². The molecule has 0 atom stereocenters. The van der Waals surface area contributed by atoms with Crippen LogP contribution in [0.4, 0.5) is 21.5 Å². The van der Waals surface area contributed by atoms with Crippen LogP contribution in [-0.2, 0) is 0 Å². The molecule has 3 nitrogen and oxygen atoms in total. The van der Waals surface area contributed by atoms with Crippen molar-refractivity contribution < 1.29 is 9.13 Å². The molecule has 100 valence electrons. The Labute approximate surface area is 127 Å². The molecule has 6 heteroatoms. The normalized spacial score (nSPS) is 10.3. The molecule has 3 N–H and O–H groups in total. The molecule has 0 amide bonds. The zero-order valence-electron chi connectivity index (χ0n) is 10.0. The predicted octanol–water partition coefficient (Wildman–Crippen LogP) is 4.69. The van der Waals surface area contributed by atoms with Gasteiger partial charge in [0.05, 0.1) is 28.6 Å². The lowest BCUT2D eigenvalue weighted by Crippen LogP contribution is -1.99. The number of anilines is 3. The molecule has 2 aromatic rings. The largest absolute Gasteiger partial charge is 0.495 e. The average Bonchev–Trinajstić information content (AvgIpc) is 2.36. The van der Waals surface area contributed by atoms with Crippen molar-refractivity contribution in [2.45, 2.75) is 0 Å². The number of nitrogens with one attached hydrogen (secondary N) is 1. The molecule has 0 fully saturated rings. The van der Waals surface area contributed by atoms with Crippen LogP contribution >= 0.6 is 31.9 Å². The Morgan fingerprint density at radius 3 is 2.58 bits per heavy atom. The number of ether oxygens (including phenoxy) is 1. The van der Waals surface area contributed by atoms with Crippen LogP contribution in [-0.4, -0.2) is 7.11 Å². The Morgan fingerprint density at radius 1 is 1.16 bits per heavy atom. The number of benzene rings is 2. The summed E-state index contributed by atoms with van der Waals surface area (Å²) in [6, 6.07) is 8.40. The third kappa shape index (κ3) is 3.19. The minimum absolute atomic E-state index is 0.322. The van der Waals surface area contributed by atoms with Crippen LogP contribution in [0.2, 0.25) is 0 Å². The molecule has 0 aliphatic carbocycles. The first kappa shape index (κ1) is 14.1. The van der Waals surface area contributed by atoms with Crippen LogP contribution in [0.5, 0.6) is 5.75 Å². The fourth-order valence-electron chi connectivity index (χ4n) is 1.59. The first-order valence-electron chi connectivity index (χ1n) is 5.36. The van der Waals surface area contributed by atoms with E-state index >= 15 is 0 Å². The van der Waals surface area contributed by atoms with Crippen molar-refractivity contribution in [2.75, 3.05) is 18.2 Å². The van der Waals surface area contributed by atoms with E-state index in [2.05, 4.69) is 37.2 Å². The summed E-state index contributed by atoms with van der Waals surface area (Å²) in [5, 5.41) is 3.12. The summed E-state index contributed by atoms with van der Waals surface area (Å²) in [6.45, 7) is 0. The quantitative estimate of drug-likeness (QED) is 0.749. The summed E-state index contributed by atoms with van der Waals surface area (Å²) in [5.41, 5.74) is 7.45. The summed E-state index contributed by atoms with van der Waals surface area (Å²) in [5.74, 6) is 0.271. The topological polar surface area (TPSA) is 47.3 Å². The molecule has 0 saturated carbocycles. The molecule has 0 bridgehead atoms. The maximum atomic E-state index is 13.3. The molecule has 0 aromatic heterocycles. The number of nitrogen functional groups attached to an aromatic ring is 1. The van der Waals surface area contributed by atoms with Gasteiger partial charge >= 0.3 is 0 Å². The van der Waals surface area contributed by atoms with Gasteiger partial charge in [-0.2, -0.15) is 0 Å². The fraction of sp³-hybridized carbons (Fsp3) is 0.0769. The smallest absolute Gasteiger partial charge is 0.142 e. The van der Waals surface area contributed by atoms with Crippen molar-refractivity contribution >= 4 is 48.9 Å². The van der Waals surface area contributed by atoms with E-state index < -0.39 is 5.82 Å². The van der Waals surface area contributed by atoms with Gasteiger partial charge in [-0.25, -0.2) is 4.39 Å². The lowest BCUT2D eigenvalue weighted by atomic mass is 10.2. The van der Waals surface area contributed by atoms with Crippen LogP contribution in [0.25, 0.3) is 0 Å². The highest BCUT2D eigenvalue weighted by Gasteiger charge is 2.09. The highest BCUT2D eigenvalue weighted by atomic mass is 79.9. The van der Waals surface area contributed by atoms with E-state index in [1.807, 2.05) is 18.2 Å². The number of hydrogen-bond acceptors (Lipinski definition) is 3. The monoisotopic (exact) mass is 388 g/mol. The first-order chi connectivity index (χ1) is 9.01. The van der Waals surface area contributed by atoms with Crippen LogP contribution in [0.1, 0.15) is 0 Å². The van der Waals surface area contributed by atoms with Crippen molar-refractivity contribution in [3.8, 4) is 5.75 Å². The van der Waals surface area contributed by atoms with Gasteiger partial charge in [0.15, 0.2) is 0 Å². The second-order valence-corrected chi connectivity index (χ2v) is 5.59. The van der Waals surface area contributed by atoms with Crippen molar-refractivity contribution in [3.63, 3.8) is 0 Å². The SMILES string of the molecule is COc1ccc(Br)cc1Nc1cc(Br)c(F)cc1N. The van der Waals surface area contributed by atoms with Crippen LogP contribution < -0.4 is 15.8 Å². The van der Waals surface area contributed by atoms with E-state index in [-0.39, 0.29) is 0 Å². The summed E-state index contributed by atoms with van der Waals surface area (Å²) in [6.07, 6.45) is 0. The summed E-state index contributed by atoms with van der Waals surface area (Å²) in [7, 11) is 1.58. The standard InChI is InChI=1S/C13H11Br2FN2O/c1-19-13-3-2-7(14)4-12(13)18-11-5-8(15)9(16)6-10(11)17/h2-6,18H,17H2,1H3. The molecule has 2 aromatic carbocycles. The molecule has 0 spiro atoms. The molecule has 0 saturated heterocycles. The van der Waals surface area contributed by atoms with Gasteiger partial charge in [-0.05, 0) is 40.2 Å². The van der Waals surface area contributed by atoms with Crippen molar-refractivity contribution in [1.82, 2.24) is 0 Å². The van der Waals surface area contributed by atoms with Gasteiger partial charge < -0.3 is 15.8 Å². The van der Waals surface area contributed by atoms with E-state index in [4.69, 9.17) is 10.5 Å². The molecule has 0 unspecified atom stereocenters. The number of hydrogen-bond donors (Lipinski definition) is 2. The zero-order valence-corrected chi connectivity index (χ0v) is 13.2. The van der Waals surface area contributed by atoms with E-state index in [1.54, 1.807) is 13.2 Å². The summed E-state index contributed by atoms with van der Waals surface area (Å²) >= 11 is 6.52. The third-order valence-corrected chi connectivity index (χ3v) is 3.62. The number of halogens is 3. The number of methoxy groups -OCH3 is 1. The van der Waals surface area contributed by atoms with Gasteiger partial charge in [0, 0.05) is 10.5 Å². The minimum Gasteiger partial charge on any atom is -0.495 e. The van der Waals surface area contributed by atoms with Gasteiger partial charge in [0.25, 0.3) is 0 Å². The highest BCUT2D eigenvalue weighted by molar-refractivity contribution is 9.10. The molecule has 2 rings (SSSR count). The Kier molecular flexibility index (Phi) is 4.31. The second kappa shape index (κ2) is 5.79. The lowest BCUT2D eigenvalue weighted by molar-refractivity contribution is 0.417. The minimum atomic E-state index is -0.399. The van der Waals surface area contributed by atoms with Gasteiger partial charge in [-0.3, -0.25) is 0 Å². The van der Waals surface area contributed by atoms with Crippen LogP contribution in [0, 0.1) is 5.82 Å². The molecule has 19 heavy (non-hydrogen) atoms. The van der Waals surface area contributed by atoms with Gasteiger partial charge in [0.2, 0.25) is 0 Å². The number of nitrogens with two attached hydrogens (primary N) is 1. The van der Waals surface area contributed by atoms with Crippen molar-refractivity contribution in [1.29, 1.82) is 0 Å². The Morgan fingerprint density at radius 2 is 1.89 bits per heavy atom. The van der Waals surface area contributed by atoms with E-state index in [0.717, 1.165) is 10.2 Å². The zero-order chi connectivity index (χ0) is 14.0. The highest BCUT2D eigenvalue weighted by Crippen LogP contribution is 2.34. The molecule has 0 heterocycles. The average molecular weight is 390 g/mol. The maximum absolute atomic E-state index is 13.3. The molecular formula is C13H11Br2FN2O. The van der Waals surface area contributed by atoms with E-state index in [9.17, 15) is 4.39 Å². The Balaban J connectivity index is 2.41. The summed E-state index contributed by atoms with van der Waals surface area (Å²) < 4.78 is 19.8. The van der Waals surface area contributed by atoms with E-state index in [1.165, 1.54) is 6.07 Å². The summed E-state index contributed by atoms with van der Waals surface area (Å²) in [4.78, 5) is 0. The Bertz CT molecular complexity index is 620. The van der Waals surface area contributed by atoms with Crippen molar-refractivity contribution in [3.05, 3.63) is 45.1 Å². The van der Waals surface area contributed by atoms with E-state index in [0.29, 0.717) is 21.6 Å². The fourth-order valence-corrected chi connectivity index (χ4v) is 2.30. The second-order valence-electron chi connectivity index (χ2n) is 3.82. The number of rotatable bonds is 3. The first-order valence-corrected chi connectivity index (χ1v) is 6.95. The molecule has 0 aliphatic heterocycles. The predicted molar refractivity (Wildman–Crippen MR) is 82.5 cm³/mol. The van der Waals surface area contributed by atoms with Crippen LogP contribution in [0.15, 0.2) is 39.3 Å². The molecule has 0 aliphatic rings. The van der Waals surface area contributed by atoms with Crippen LogP contribution in [0.3, 0.4) is 0 Å². The lowest BCUT2D eigenvalue weighted by Gasteiger charge is -2.14. The van der Waals surface area contributed by atoms with Crippen molar-refractivity contribution in [2.24, 2.45) is 0 Å². The van der Waals surface area contributed by atoms with Gasteiger partial charge in [-0.1, -0.05) is 15.9 Å².